The van der Waals surface area contributed by atoms with E-state index in [1.54, 1.807) is 14.2 Å². The van der Waals surface area contributed by atoms with E-state index in [-0.39, 0.29) is 5.41 Å². The maximum atomic E-state index is 6.11. The molecule has 1 aliphatic carbocycles. The number of hydrogen-bond acceptors (Lipinski definition) is 3. The van der Waals surface area contributed by atoms with Crippen molar-refractivity contribution in [2.75, 3.05) is 26.1 Å². The van der Waals surface area contributed by atoms with Gasteiger partial charge >= 0.3 is 0 Å². The van der Waals surface area contributed by atoms with E-state index in [9.17, 15) is 0 Å². The van der Waals surface area contributed by atoms with Crippen LogP contribution in [0.3, 0.4) is 0 Å². The van der Waals surface area contributed by atoms with Crippen LogP contribution < -0.4 is 20.5 Å². The molecule has 0 aromatic heterocycles. The second kappa shape index (κ2) is 8.13. The molecule has 0 heterocycles. The standard InChI is InChI=1S/C21H27N3O2/c1-25-18-10-9-17(13-19(18)26-2)24-20(22)23-15-21(11-6-12-21)14-16-7-4-3-5-8-16/h3-5,7-10,13H,6,11-12,14-15H2,1-2H3,(H3,22,23,24). The lowest BCUT2D eigenvalue weighted by atomic mass is 9.65. The van der Waals surface area contributed by atoms with Crippen LogP contribution in [-0.4, -0.2) is 26.7 Å². The highest BCUT2D eigenvalue weighted by atomic mass is 16.5. The van der Waals surface area contributed by atoms with Crippen molar-refractivity contribution in [1.82, 2.24) is 0 Å². The van der Waals surface area contributed by atoms with Crippen LogP contribution in [0.15, 0.2) is 53.5 Å². The van der Waals surface area contributed by atoms with Crippen molar-refractivity contribution < 1.29 is 9.47 Å². The molecule has 3 N–H and O–H groups in total. The Morgan fingerprint density at radius 1 is 1.08 bits per heavy atom. The maximum Gasteiger partial charge on any atom is 0.193 e. The van der Waals surface area contributed by atoms with Gasteiger partial charge in [0.05, 0.1) is 14.2 Å². The lowest BCUT2D eigenvalue weighted by Crippen LogP contribution is -2.36. The van der Waals surface area contributed by atoms with Crippen molar-refractivity contribution in [3.8, 4) is 11.5 Å². The average Bonchev–Trinajstić information content (AvgIpc) is 2.64. The van der Waals surface area contributed by atoms with Gasteiger partial charge in [-0.3, -0.25) is 4.99 Å². The first-order valence-electron chi connectivity index (χ1n) is 8.97. The second-order valence-corrected chi connectivity index (χ2v) is 6.91. The van der Waals surface area contributed by atoms with Gasteiger partial charge < -0.3 is 20.5 Å². The molecule has 2 aromatic carbocycles. The molecule has 3 rings (SSSR count). The van der Waals surface area contributed by atoms with E-state index in [1.165, 1.54) is 24.8 Å². The normalized spacial score (nSPS) is 15.8. The Morgan fingerprint density at radius 2 is 1.81 bits per heavy atom. The summed E-state index contributed by atoms with van der Waals surface area (Å²) < 4.78 is 10.6. The SMILES string of the molecule is COc1ccc(NC(N)=NCC2(Cc3ccccc3)CCC2)cc1OC. The first-order chi connectivity index (χ1) is 12.6. The lowest BCUT2D eigenvalue weighted by molar-refractivity contribution is 0.145. The van der Waals surface area contributed by atoms with Crippen LogP contribution in [0.1, 0.15) is 24.8 Å². The fraction of sp³-hybridized carbons (Fsp3) is 0.381. The van der Waals surface area contributed by atoms with Crippen molar-refractivity contribution in [3.05, 3.63) is 54.1 Å². The smallest absolute Gasteiger partial charge is 0.193 e. The Balaban J connectivity index is 1.64. The predicted molar refractivity (Wildman–Crippen MR) is 106 cm³/mol. The molecule has 138 valence electrons. The van der Waals surface area contributed by atoms with Gasteiger partial charge in [-0.15, -0.1) is 0 Å². The number of nitrogens with one attached hydrogen (secondary N) is 1. The number of methoxy groups -OCH3 is 2. The van der Waals surface area contributed by atoms with E-state index < -0.39 is 0 Å². The summed E-state index contributed by atoms with van der Waals surface area (Å²) in [6, 6.07) is 16.2. The van der Waals surface area contributed by atoms with E-state index in [0.29, 0.717) is 17.5 Å². The minimum atomic E-state index is 0.241. The Kier molecular flexibility index (Phi) is 5.66. The molecule has 5 nitrogen and oxygen atoms in total. The third kappa shape index (κ3) is 4.28. The highest BCUT2D eigenvalue weighted by molar-refractivity contribution is 5.92. The van der Waals surface area contributed by atoms with E-state index in [4.69, 9.17) is 15.2 Å². The summed E-state index contributed by atoms with van der Waals surface area (Å²) in [4.78, 5) is 4.62. The first-order valence-corrected chi connectivity index (χ1v) is 8.97. The van der Waals surface area contributed by atoms with Gasteiger partial charge in [-0.1, -0.05) is 36.8 Å². The summed E-state index contributed by atoms with van der Waals surface area (Å²) in [7, 11) is 3.23. The largest absolute Gasteiger partial charge is 0.493 e. The van der Waals surface area contributed by atoms with E-state index >= 15 is 0 Å². The summed E-state index contributed by atoms with van der Waals surface area (Å²) in [5.74, 6) is 1.77. The second-order valence-electron chi connectivity index (χ2n) is 6.91. The van der Waals surface area contributed by atoms with Gasteiger partial charge in [0.25, 0.3) is 0 Å². The van der Waals surface area contributed by atoms with Crippen LogP contribution >= 0.6 is 0 Å². The number of ether oxygens (including phenoxy) is 2. The maximum absolute atomic E-state index is 6.11. The Labute approximate surface area is 155 Å². The zero-order valence-electron chi connectivity index (χ0n) is 15.5. The van der Waals surface area contributed by atoms with Crippen LogP contribution in [0, 0.1) is 5.41 Å². The van der Waals surface area contributed by atoms with Crippen molar-refractivity contribution in [3.63, 3.8) is 0 Å². The van der Waals surface area contributed by atoms with Crippen molar-refractivity contribution in [2.24, 2.45) is 16.1 Å². The summed E-state index contributed by atoms with van der Waals surface area (Å²) in [5, 5.41) is 3.14. The minimum absolute atomic E-state index is 0.241. The van der Waals surface area contributed by atoms with Crippen LogP contribution in [0.2, 0.25) is 0 Å². The molecule has 1 saturated carbocycles. The van der Waals surface area contributed by atoms with E-state index in [0.717, 1.165) is 18.7 Å². The topological polar surface area (TPSA) is 68.9 Å². The molecule has 1 aliphatic rings. The number of rotatable bonds is 7. The zero-order valence-corrected chi connectivity index (χ0v) is 15.5. The highest BCUT2D eigenvalue weighted by Crippen LogP contribution is 2.44. The first kappa shape index (κ1) is 18.1. The predicted octanol–water partition coefficient (Wildman–Crippen LogP) is 3.84. The molecule has 0 spiro atoms. The van der Waals surface area contributed by atoms with Crippen molar-refractivity contribution >= 4 is 11.6 Å². The molecule has 0 radical (unpaired) electrons. The third-order valence-electron chi connectivity index (χ3n) is 5.08. The molecule has 26 heavy (non-hydrogen) atoms. The quantitative estimate of drug-likeness (QED) is 0.586. The Morgan fingerprint density at radius 3 is 2.42 bits per heavy atom. The number of hydrogen-bond donors (Lipinski definition) is 2. The molecule has 0 aliphatic heterocycles. The van der Waals surface area contributed by atoms with Crippen molar-refractivity contribution in [2.45, 2.75) is 25.7 Å². The Bertz CT molecular complexity index is 755. The molecule has 0 saturated heterocycles. The lowest BCUT2D eigenvalue weighted by Gasteiger charge is -2.41. The minimum Gasteiger partial charge on any atom is -0.493 e. The van der Waals surface area contributed by atoms with Crippen LogP contribution in [-0.2, 0) is 6.42 Å². The van der Waals surface area contributed by atoms with Gasteiger partial charge in [0.1, 0.15) is 0 Å². The number of nitrogens with zero attached hydrogens (tertiary/aromatic N) is 1. The van der Waals surface area contributed by atoms with Crippen LogP contribution in [0.25, 0.3) is 0 Å². The molecule has 5 heteroatoms. The fourth-order valence-electron chi connectivity index (χ4n) is 3.45. The molecule has 0 unspecified atom stereocenters. The van der Waals surface area contributed by atoms with Gasteiger partial charge in [0, 0.05) is 18.3 Å². The number of nitrogens with two attached hydrogens (primary N) is 1. The fourth-order valence-corrected chi connectivity index (χ4v) is 3.45. The van der Waals surface area contributed by atoms with E-state index in [1.807, 2.05) is 18.2 Å². The van der Waals surface area contributed by atoms with Crippen LogP contribution in [0.4, 0.5) is 5.69 Å². The number of aliphatic imine (C=N–C) groups is 1. The molecular weight excluding hydrogens is 326 g/mol. The number of benzene rings is 2. The monoisotopic (exact) mass is 353 g/mol. The number of anilines is 1. The zero-order chi connectivity index (χ0) is 18.4. The van der Waals surface area contributed by atoms with Gasteiger partial charge in [-0.05, 0) is 42.4 Å². The summed E-state index contributed by atoms with van der Waals surface area (Å²) in [5.41, 5.74) is 8.55. The van der Waals surface area contributed by atoms with Crippen molar-refractivity contribution in [1.29, 1.82) is 0 Å². The molecule has 2 aromatic rings. The van der Waals surface area contributed by atoms with Gasteiger partial charge in [0.15, 0.2) is 17.5 Å². The molecule has 0 bridgehead atoms. The summed E-state index contributed by atoms with van der Waals surface area (Å²) >= 11 is 0. The molecule has 0 amide bonds. The average molecular weight is 353 g/mol. The summed E-state index contributed by atoms with van der Waals surface area (Å²) in [6.07, 6.45) is 4.73. The highest BCUT2D eigenvalue weighted by Gasteiger charge is 2.36. The molecule has 0 atom stereocenters. The molecular formula is C21H27N3O2. The Hall–Kier alpha value is -2.69. The van der Waals surface area contributed by atoms with Gasteiger partial charge in [-0.2, -0.15) is 0 Å². The third-order valence-corrected chi connectivity index (χ3v) is 5.08. The van der Waals surface area contributed by atoms with E-state index in [2.05, 4.69) is 40.6 Å². The van der Waals surface area contributed by atoms with Gasteiger partial charge in [0.2, 0.25) is 0 Å². The van der Waals surface area contributed by atoms with Crippen LogP contribution in [0.5, 0.6) is 11.5 Å². The number of guanidine groups is 1. The molecule has 1 fully saturated rings. The summed E-state index contributed by atoms with van der Waals surface area (Å²) in [6.45, 7) is 0.744. The van der Waals surface area contributed by atoms with Gasteiger partial charge in [-0.25, -0.2) is 0 Å².